The number of β-lactam (4-membered cyclic amide) rings is 3. The van der Waals surface area contributed by atoms with Crippen molar-refractivity contribution in [2.45, 2.75) is 118 Å². The SMILES string of the molecule is NC(N)=NCc1cn(C[C@@H]2[C@H](NC(=O)/C(=N/OC3(C(=O)O)CC3)c3csc(N)n3)C(=O)N2S(=O)(=O)O)nn1.NCc1cn(C[C@@H]2[C@H](NC(=O)/C(=N\OC3(C(=O)O)CC3)c3csc(N)n3)C(=O)N2S(=O)(=O)O)nn1.NN=C(C=NC[C@@H]1[C@H](NC(=O)/C(=N\OC2(C(=O)O)CC2)c2csc(N)n2)C(=O)N1S(=O)(=O)O)CN=C(N)N. The zero-order valence-electron chi connectivity index (χ0n) is 56.1. The van der Waals surface area contributed by atoms with Crippen LogP contribution in [-0.4, -0.2) is 273 Å². The monoisotopic (exact) mass is 1670 g/mol. The molecule has 0 unspecified atom stereocenters. The third-order valence-electron chi connectivity index (χ3n) is 15.9. The third-order valence-corrected chi connectivity index (χ3v) is 20.8. The number of carboxylic acid groups (broad SMARTS) is 3. The molecule has 598 valence electrons. The molecular weight excluding hydrogens is 1610 g/mol. The fourth-order valence-electron chi connectivity index (χ4n) is 9.76. The summed E-state index contributed by atoms with van der Waals surface area (Å²) in [6.45, 7) is -1.14. The summed E-state index contributed by atoms with van der Waals surface area (Å²) < 4.78 is 102. The van der Waals surface area contributed by atoms with Crippen LogP contribution >= 0.6 is 34.0 Å². The van der Waals surface area contributed by atoms with Crippen molar-refractivity contribution in [3.8, 4) is 0 Å². The van der Waals surface area contributed by atoms with Gasteiger partial charge >= 0.3 is 48.8 Å². The number of hydrogen-bond acceptors (Lipinski definition) is 40. The van der Waals surface area contributed by atoms with Crippen molar-refractivity contribution in [2.75, 3.05) is 30.3 Å². The second-order valence-corrected chi connectivity index (χ2v) is 30.3. The fraction of sp³-hybridized carbons (Fsp3) is 0.420. The zero-order valence-corrected chi connectivity index (χ0v) is 61.0. The molecule has 5 aromatic rings. The number of nitrogens with two attached hydrogens (primary N) is 9. The number of guanidine groups is 2. The minimum absolute atomic E-state index is 0.0253. The molecule has 11 rings (SSSR count). The van der Waals surface area contributed by atoms with Crippen LogP contribution in [0.15, 0.2) is 64.1 Å². The van der Waals surface area contributed by atoms with E-state index in [4.69, 9.17) is 66.2 Å². The van der Waals surface area contributed by atoms with Crippen molar-refractivity contribution in [3.63, 3.8) is 0 Å². The lowest BCUT2D eigenvalue weighted by atomic mass is 9.98. The van der Waals surface area contributed by atoms with Gasteiger partial charge in [0.2, 0.25) is 16.8 Å². The third kappa shape index (κ3) is 19.5. The van der Waals surface area contributed by atoms with Crippen LogP contribution in [0.3, 0.4) is 0 Å². The van der Waals surface area contributed by atoms with Gasteiger partial charge in [0.15, 0.2) is 44.4 Å². The Labute approximate surface area is 632 Å². The Balaban J connectivity index is 0.000000192. The molecular formula is C50H63N31O24S6. The second-order valence-electron chi connectivity index (χ2n) is 23.8. The van der Waals surface area contributed by atoms with Gasteiger partial charge in [-0.3, -0.25) is 52.1 Å². The molecule has 6 fully saturated rings. The first kappa shape index (κ1) is 82.6. The van der Waals surface area contributed by atoms with Crippen LogP contribution in [0.25, 0.3) is 0 Å². The Morgan fingerprint density at radius 1 is 0.550 bits per heavy atom. The van der Waals surface area contributed by atoms with Crippen molar-refractivity contribution in [3.05, 3.63) is 57.0 Å². The standard InChI is InChI=1S/C17H21N11O8S2.C17H23N11O8S2.C16H19N9O8S2/c18-15(19)21-3-7-4-27(26-24-7)5-9-11(13(30)28(9)38(33,34)35)23-12(29)10(8-6-37-16(20)22-8)25-36-17(1-2-17)14(31)32;18-15(19)23-4-7(26-21)3-22-5-9-11(13(30)28(9)38(33,34)35)25-12(29)10(8-6-37-16(20)24-8)27-36-17(1-2-17)14(31)32;17-3-7-4-24(23-21-7)5-9-11(13(27)25(9)35(30,31)32)20-12(26)10(8-6-34-15(18)19-8)22-33-16(1-2-16)14(28)29/h4,6,9,11H,1-3,5H2,(H2,20,22)(H,23,29)(H,31,32)(H4,18,19,21)(H,33,34,35);3,6,9,11H,1-2,4-5,21H2,(H2,20,24)(H,25,29)(H,31,32)(H4,18,19,23)(H,33,34,35);4,6,9,11H,1-3,5,17H2,(H2,18,19)(H,20,26)(H,28,29)(H,30,31,32)/b25-10+;22-3?,26-7?,27-10-;22-10-/t3*9-,11+/m111/s1. The molecule has 0 aromatic carbocycles. The number of rotatable bonds is 33. The Hall–Kier alpha value is -12.4. The molecule has 55 nitrogen and oxygen atoms in total. The van der Waals surface area contributed by atoms with E-state index in [0.717, 1.165) is 44.9 Å². The summed E-state index contributed by atoms with van der Waals surface area (Å²) in [4.78, 5) is 150. The topological polar surface area (TPSA) is 872 Å². The van der Waals surface area contributed by atoms with E-state index in [9.17, 15) is 97.4 Å². The van der Waals surface area contributed by atoms with E-state index in [1.807, 2.05) is 0 Å². The lowest BCUT2D eigenvalue weighted by Gasteiger charge is -2.43. The fourth-order valence-corrected chi connectivity index (χ4v) is 14.0. The van der Waals surface area contributed by atoms with E-state index in [1.54, 1.807) is 0 Å². The number of amides is 6. The number of carbonyl (C=O) groups is 9. The number of oxime groups is 3. The molecule has 61 heteroatoms. The number of nitrogens with one attached hydrogen (secondary N) is 3. The maximum Gasteiger partial charge on any atom is 0.362 e. The minimum Gasteiger partial charge on any atom is -0.478 e. The molecule has 5 aromatic heterocycles. The summed E-state index contributed by atoms with van der Waals surface area (Å²) in [7, 11) is -15.0. The van der Waals surface area contributed by atoms with Gasteiger partial charge in [-0.2, -0.15) is 30.4 Å². The molecule has 0 spiro atoms. The van der Waals surface area contributed by atoms with E-state index in [1.165, 1.54) is 33.2 Å². The van der Waals surface area contributed by atoms with E-state index < -0.39 is 161 Å². The molecule has 0 radical (unpaired) electrons. The largest absolute Gasteiger partial charge is 0.478 e. The number of anilines is 3. The van der Waals surface area contributed by atoms with Gasteiger partial charge in [-0.25, -0.2) is 56.9 Å². The van der Waals surface area contributed by atoms with Crippen LogP contribution in [0.2, 0.25) is 0 Å². The normalized spacial score (nSPS) is 20.9. The first-order valence-corrected chi connectivity index (χ1v) is 37.7. The van der Waals surface area contributed by atoms with Crippen molar-refractivity contribution in [2.24, 2.45) is 70.1 Å². The van der Waals surface area contributed by atoms with Crippen LogP contribution < -0.4 is 67.7 Å². The molecule has 3 aliphatic carbocycles. The lowest BCUT2D eigenvalue weighted by Crippen LogP contribution is -2.73. The van der Waals surface area contributed by atoms with E-state index in [0.29, 0.717) is 11.4 Å². The molecule has 3 aliphatic heterocycles. The maximum atomic E-state index is 13.1. The highest BCUT2D eigenvalue weighted by molar-refractivity contribution is 7.84. The maximum absolute atomic E-state index is 13.1. The number of aliphatic imine (C=N–C) groups is 3. The van der Waals surface area contributed by atoms with Gasteiger partial charge < -0.3 is 97.5 Å². The van der Waals surface area contributed by atoms with Crippen molar-refractivity contribution in [1.29, 1.82) is 0 Å². The number of carboxylic acids is 3. The van der Waals surface area contributed by atoms with Crippen LogP contribution in [-0.2, 0) is 115 Å². The summed E-state index contributed by atoms with van der Waals surface area (Å²) in [6, 6.07) is -8.35. The summed E-state index contributed by atoms with van der Waals surface area (Å²) in [6.07, 6.45) is 4.87. The zero-order chi connectivity index (χ0) is 81.6. The lowest BCUT2D eigenvalue weighted by molar-refractivity contribution is -0.154. The smallest absolute Gasteiger partial charge is 0.362 e. The number of carbonyl (C=O) groups excluding carboxylic acids is 6. The predicted molar refractivity (Wildman–Crippen MR) is 377 cm³/mol. The van der Waals surface area contributed by atoms with E-state index in [-0.39, 0.29) is 134 Å². The van der Waals surface area contributed by atoms with E-state index >= 15 is 0 Å². The summed E-state index contributed by atoms with van der Waals surface area (Å²) in [5.74, 6) is -5.59. The minimum atomic E-state index is -5.01. The van der Waals surface area contributed by atoms with Crippen molar-refractivity contribution < 1.29 is 112 Å². The average molecular weight is 1670 g/mol. The van der Waals surface area contributed by atoms with Crippen LogP contribution in [0, 0.1) is 0 Å². The van der Waals surface area contributed by atoms with Crippen LogP contribution in [0.5, 0.6) is 0 Å². The average Bonchev–Trinajstić information content (AvgIpc) is 1.41. The Kier molecular flexibility index (Phi) is 24.4. The van der Waals surface area contributed by atoms with Gasteiger partial charge in [0.1, 0.15) is 40.9 Å². The highest BCUT2D eigenvalue weighted by atomic mass is 32.2. The summed E-state index contributed by atoms with van der Waals surface area (Å²) >= 11 is 2.89. The molecule has 111 heavy (non-hydrogen) atoms. The van der Waals surface area contributed by atoms with E-state index in [2.05, 4.69) is 87.1 Å². The second kappa shape index (κ2) is 32.8. The first-order chi connectivity index (χ1) is 52.0. The Bertz CT molecular complexity index is 5090. The molecule has 3 saturated heterocycles. The predicted octanol–water partition coefficient (Wildman–Crippen LogP) is -9.84. The number of aliphatic carboxylic acids is 3. The van der Waals surface area contributed by atoms with Gasteiger partial charge in [-0.15, -0.1) is 44.2 Å². The number of aromatic nitrogens is 9. The molecule has 6 atom stereocenters. The Morgan fingerprint density at radius 2 is 0.883 bits per heavy atom. The first-order valence-electron chi connectivity index (χ1n) is 30.9. The highest BCUT2D eigenvalue weighted by Gasteiger charge is 2.60. The molecule has 0 bridgehead atoms. The van der Waals surface area contributed by atoms with Gasteiger partial charge in [-0.1, -0.05) is 25.9 Å². The number of nitrogen functional groups attached to an aromatic ring is 3. The van der Waals surface area contributed by atoms with Gasteiger partial charge in [-0.05, 0) is 0 Å². The summed E-state index contributed by atoms with van der Waals surface area (Å²) in [5.41, 5.74) is 37.7. The highest BCUT2D eigenvalue weighted by Crippen LogP contribution is 2.42. The van der Waals surface area contributed by atoms with Gasteiger partial charge in [0.25, 0.3) is 35.4 Å². The number of nitrogens with zero attached hydrogens (tertiary/aromatic N) is 19. The quantitative estimate of drug-likeness (QED) is 0.00463. The van der Waals surface area contributed by atoms with Gasteiger partial charge in [0, 0.05) is 73.6 Å². The van der Waals surface area contributed by atoms with Crippen molar-refractivity contribution in [1.82, 2.24) is 73.8 Å². The van der Waals surface area contributed by atoms with Crippen LogP contribution in [0.1, 0.15) is 67.0 Å². The Morgan fingerprint density at radius 3 is 1.17 bits per heavy atom. The van der Waals surface area contributed by atoms with Crippen molar-refractivity contribution >= 4 is 175 Å². The molecule has 8 heterocycles. The molecule has 27 N–H and O–H groups in total. The molecule has 6 aliphatic rings. The number of hydrazone groups is 1. The molecule has 3 saturated carbocycles. The molecule has 6 amide bonds. The van der Waals surface area contributed by atoms with Gasteiger partial charge in [0.05, 0.1) is 68.5 Å². The van der Waals surface area contributed by atoms with Crippen LogP contribution in [0.4, 0.5) is 15.4 Å². The summed E-state index contributed by atoms with van der Waals surface area (Å²) in [5, 5.41) is 68.6. The number of thiazole rings is 3. The number of hydrogen-bond donors (Lipinski definition) is 18.